The summed E-state index contributed by atoms with van der Waals surface area (Å²) in [5, 5.41) is 6.43. The summed E-state index contributed by atoms with van der Waals surface area (Å²) in [6.45, 7) is 4.04. The standard InChI is InChI=1S/C15H20N4O/c1-5-13-18-14(16-3)10(2)15(19-13)17-11-6-8-12(20-4)9-7-11/h6-9H,5H2,1-4H3,(H2,16,17,18,19). The van der Waals surface area contributed by atoms with E-state index in [4.69, 9.17) is 4.74 Å². The third-order valence-corrected chi connectivity index (χ3v) is 3.10. The summed E-state index contributed by atoms with van der Waals surface area (Å²) < 4.78 is 5.15. The molecule has 20 heavy (non-hydrogen) atoms. The van der Waals surface area contributed by atoms with Gasteiger partial charge in [0.25, 0.3) is 0 Å². The Balaban J connectivity index is 2.31. The highest BCUT2D eigenvalue weighted by Crippen LogP contribution is 2.24. The number of aryl methyl sites for hydroxylation is 1. The van der Waals surface area contributed by atoms with Crippen LogP contribution in [0.15, 0.2) is 24.3 Å². The molecule has 5 nitrogen and oxygen atoms in total. The van der Waals surface area contributed by atoms with Crippen LogP contribution in [0.4, 0.5) is 17.3 Å². The summed E-state index contributed by atoms with van der Waals surface area (Å²) in [5.41, 5.74) is 1.97. The normalized spacial score (nSPS) is 10.2. The molecule has 1 heterocycles. The van der Waals surface area contributed by atoms with Gasteiger partial charge in [-0.05, 0) is 31.2 Å². The van der Waals surface area contributed by atoms with Crippen LogP contribution in [-0.4, -0.2) is 24.1 Å². The molecule has 5 heteroatoms. The van der Waals surface area contributed by atoms with E-state index in [1.165, 1.54) is 0 Å². The van der Waals surface area contributed by atoms with E-state index >= 15 is 0 Å². The van der Waals surface area contributed by atoms with Crippen molar-refractivity contribution < 1.29 is 4.74 Å². The maximum Gasteiger partial charge on any atom is 0.139 e. The fraction of sp³-hybridized carbons (Fsp3) is 0.333. The molecule has 0 amide bonds. The molecule has 0 spiro atoms. The molecular weight excluding hydrogens is 252 g/mol. The number of benzene rings is 1. The quantitative estimate of drug-likeness (QED) is 0.875. The lowest BCUT2D eigenvalue weighted by molar-refractivity contribution is 0.415. The minimum absolute atomic E-state index is 0.798. The SMILES string of the molecule is CCc1nc(NC)c(C)c(Nc2ccc(OC)cc2)n1. The zero-order valence-electron chi connectivity index (χ0n) is 12.3. The van der Waals surface area contributed by atoms with Gasteiger partial charge in [-0.3, -0.25) is 0 Å². The van der Waals surface area contributed by atoms with Crippen LogP contribution in [-0.2, 0) is 6.42 Å². The maximum atomic E-state index is 5.15. The highest BCUT2D eigenvalue weighted by molar-refractivity contribution is 5.65. The van der Waals surface area contributed by atoms with E-state index in [0.29, 0.717) is 0 Å². The van der Waals surface area contributed by atoms with Gasteiger partial charge in [-0.15, -0.1) is 0 Å². The van der Waals surface area contributed by atoms with E-state index in [1.807, 2.05) is 45.2 Å². The molecule has 0 aliphatic heterocycles. The Hall–Kier alpha value is -2.30. The Kier molecular flexibility index (Phi) is 4.40. The van der Waals surface area contributed by atoms with Gasteiger partial charge in [0.15, 0.2) is 0 Å². The van der Waals surface area contributed by atoms with E-state index in [1.54, 1.807) is 7.11 Å². The molecule has 0 fully saturated rings. The zero-order valence-corrected chi connectivity index (χ0v) is 12.3. The molecule has 1 aromatic carbocycles. The number of rotatable bonds is 5. The lowest BCUT2D eigenvalue weighted by Crippen LogP contribution is -2.06. The molecule has 0 unspecified atom stereocenters. The molecule has 2 rings (SSSR count). The summed E-state index contributed by atoms with van der Waals surface area (Å²) in [4.78, 5) is 9.00. The van der Waals surface area contributed by atoms with Crippen molar-refractivity contribution in [3.8, 4) is 5.75 Å². The van der Waals surface area contributed by atoms with Crippen molar-refractivity contribution in [1.82, 2.24) is 9.97 Å². The van der Waals surface area contributed by atoms with Crippen molar-refractivity contribution in [3.05, 3.63) is 35.7 Å². The topological polar surface area (TPSA) is 59.1 Å². The molecule has 1 aromatic heterocycles. The predicted octanol–water partition coefficient (Wildman–Crippen LogP) is 3.14. The third-order valence-electron chi connectivity index (χ3n) is 3.10. The van der Waals surface area contributed by atoms with Crippen LogP contribution in [0.1, 0.15) is 18.3 Å². The van der Waals surface area contributed by atoms with Crippen LogP contribution in [0.3, 0.4) is 0 Å². The summed E-state index contributed by atoms with van der Waals surface area (Å²) >= 11 is 0. The molecular formula is C15H20N4O. The summed E-state index contributed by atoms with van der Waals surface area (Å²) in [6, 6.07) is 7.76. The van der Waals surface area contributed by atoms with Crippen LogP contribution >= 0.6 is 0 Å². The van der Waals surface area contributed by atoms with Crippen molar-refractivity contribution in [3.63, 3.8) is 0 Å². The summed E-state index contributed by atoms with van der Waals surface area (Å²) in [7, 11) is 3.52. The van der Waals surface area contributed by atoms with E-state index in [2.05, 4.69) is 20.6 Å². The Morgan fingerprint density at radius 3 is 2.30 bits per heavy atom. The van der Waals surface area contributed by atoms with Gasteiger partial charge in [0.1, 0.15) is 23.2 Å². The van der Waals surface area contributed by atoms with Gasteiger partial charge in [0, 0.05) is 24.7 Å². The van der Waals surface area contributed by atoms with Gasteiger partial charge < -0.3 is 15.4 Å². The zero-order chi connectivity index (χ0) is 14.5. The van der Waals surface area contributed by atoms with E-state index in [-0.39, 0.29) is 0 Å². The average Bonchev–Trinajstić information content (AvgIpc) is 2.50. The van der Waals surface area contributed by atoms with E-state index in [0.717, 1.165) is 40.9 Å². The Morgan fingerprint density at radius 1 is 1.10 bits per heavy atom. The number of aromatic nitrogens is 2. The number of ether oxygens (including phenoxy) is 1. The van der Waals surface area contributed by atoms with Crippen molar-refractivity contribution in [2.24, 2.45) is 0 Å². The molecule has 106 valence electrons. The van der Waals surface area contributed by atoms with Gasteiger partial charge in [-0.25, -0.2) is 9.97 Å². The Labute approximate surface area is 119 Å². The first-order valence-corrected chi connectivity index (χ1v) is 6.64. The Bertz CT molecular complexity index is 581. The average molecular weight is 272 g/mol. The van der Waals surface area contributed by atoms with Crippen molar-refractivity contribution >= 4 is 17.3 Å². The second-order valence-corrected chi connectivity index (χ2v) is 4.42. The van der Waals surface area contributed by atoms with Crippen LogP contribution in [0.2, 0.25) is 0 Å². The first kappa shape index (κ1) is 14.1. The van der Waals surface area contributed by atoms with E-state index < -0.39 is 0 Å². The van der Waals surface area contributed by atoms with Crippen molar-refractivity contribution in [2.75, 3.05) is 24.8 Å². The lowest BCUT2D eigenvalue weighted by atomic mass is 10.2. The molecule has 0 aliphatic rings. The number of anilines is 3. The van der Waals surface area contributed by atoms with Gasteiger partial charge in [0.05, 0.1) is 7.11 Å². The first-order chi connectivity index (χ1) is 9.67. The number of nitrogens with one attached hydrogen (secondary N) is 2. The predicted molar refractivity (Wildman–Crippen MR) is 82.0 cm³/mol. The molecule has 2 N–H and O–H groups in total. The summed E-state index contributed by atoms with van der Waals surface area (Å²) in [5.74, 6) is 3.33. The lowest BCUT2D eigenvalue weighted by Gasteiger charge is -2.13. The maximum absolute atomic E-state index is 5.15. The minimum Gasteiger partial charge on any atom is -0.497 e. The fourth-order valence-corrected chi connectivity index (χ4v) is 1.90. The third kappa shape index (κ3) is 2.99. The number of methoxy groups -OCH3 is 1. The molecule has 0 saturated heterocycles. The highest BCUT2D eigenvalue weighted by atomic mass is 16.5. The smallest absolute Gasteiger partial charge is 0.139 e. The molecule has 0 atom stereocenters. The molecule has 0 saturated carbocycles. The van der Waals surface area contributed by atoms with Gasteiger partial charge in [0.2, 0.25) is 0 Å². The van der Waals surface area contributed by atoms with Crippen LogP contribution in [0.5, 0.6) is 5.75 Å². The number of hydrogen-bond acceptors (Lipinski definition) is 5. The van der Waals surface area contributed by atoms with Gasteiger partial charge in [-0.1, -0.05) is 6.92 Å². The second kappa shape index (κ2) is 6.23. The van der Waals surface area contributed by atoms with Crippen molar-refractivity contribution in [1.29, 1.82) is 0 Å². The van der Waals surface area contributed by atoms with E-state index in [9.17, 15) is 0 Å². The molecule has 0 bridgehead atoms. The second-order valence-electron chi connectivity index (χ2n) is 4.42. The first-order valence-electron chi connectivity index (χ1n) is 6.64. The van der Waals surface area contributed by atoms with Crippen LogP contribution in [0.25, 0.3) is 0 Å². The molecule has 0 radical (unpaired) electrons. The monoisotopic (exact) mass is 272 g/mol. The largest absolute Gasteiger partial charge is 0.497 e. The highest BCUT2D eigenvalue weighted by Gasteiger charge is 2.09. The van der Waals surface area contributed by atoms with Crippen molar-refractivity contribution in [2.45, 2.75) is 20.3 Å². The number of nitrogens with zero attached hydrogens (tertiary/aromatic N) is 2. The molecule has 2 aromatic rings. The minimum atomic E-state index is 0.798. The van der Waals surface area contributed by atoms with Crippen LogP contribution in [0, 0.1) is 6.92 Å². The van der Waals surface area contributed by atoms with Crippen LogP contribution < -0.4 is 15.4 Å². The molecule has 0 aliphatic carbocycles. The number of hydrogen-bond donors (Lipinski definition) is 2. The van der Waals surface area contributed by atoms with Gasteiger partial charge in [-0.2, -0.15) is 0 Å². The summed E-state index contributed by atoms with van der Waals surface area (Å²) in [6.07, 6.45) is 0.798. The van der Waals surface area contributed by atoms with Gasteiger partial charge >= 0.3 is 0 Å². The fourth-order valence-electron chi connectivity index (χ4n) is 1.90. The Morgan fingerprint density at radius 2 is 1.75 bits per heavy atom.